The van der Waals surface area contributed by atoms with Crippen LogP contribution in [0.2, 0.25) is 5.02 Å². The number of nitrogens with zero attached hydrogens (tertiary/aromatic N) is 2. The number of aromatic nitrogens is 1. The highest BCUT2D eigenvalue weighted by molar-refractivity contribution is 6.30. The number of fused-ring (bicyclic) bond motifs is 1. The van der Waals surface area contributed by atoms with Gasteiger partial charge in [-0.1, -0.05) is 29.8 Å². The fourth-order valence-corrected chi connectivity index (χ4v) is 3.55. The van der Waals surface area contributed by atoms with Gasteiger partial charge in [0.05, 0.1) is 11.9 Å². The zero-order chi connectivity index (χ0) is 19.5. The van der Waals surface area contributed by atoms with E-state index in [1.54, 1.807) is 30.5 Å². The van der Waals surface area contributed by atoms with Crippen LogP contribution in [0.3, 0.4) is 0 Å². The number of pyridine rings is 1. The van der Waals surface area contributed by atoms with Crippen LogP contribution >= 0.6 is 11.6 Å². The number of nitrogens with one attached hydrogen (secondary N) is 1. The van der Waals surface area contributed by atoms with Crippen LogP contribution in [0.25, 0.3) is 0 Å². The first-order valence-electron chi connectivity index (χ1n) is 9.11. The number of carbonyl (C=O) groups is 1. The summed E-state index contributed by atoms with van der Waals surface area (Å²) in [6, 6.07) is 19.4. The molecule has 0 saturated carbocycles. The number of para-hydroxylation sites is 1. The van der Waals surface area contributed by atoms with Crippen LogP contribution in [0.15, 0.2) is 66.9 Å². The van der Waals surface area contributed by atoms with Crippen molar-refractivity contribution >= 4 is 34.7 Å². The van der Waals surface area contributed by atoms with E-state index in [1.165, 1.54) is 11.3 Å². The number of halogens is 1. The van der Waals surface area contributed by atoms with Crippen molar-refractivity contribution in [2.75, 3.05) is 16.8 Å². The van der Waals surface area contributed by atoms with Gasteiger partial charge in [0.15, 0.2) is 6.61 Å². The van der Waals surface area contributed by atoms with Crippen molar-refractivity contribution in [3.8, 4) is 5.75 Å². The SMILES string of the molecule is CC1Cc2ccccc2N1c1ccc(NC(=O)COc2ccc(Cl)cc2)nc1. The standard InChI is InChI=1S/C22H20ClN3O2/c1-15-12-16-4-2-3-5-20(16)26(15)18-8-11-21(24-13-18)25-22(27)14-28-19-9-6-17(23)7-10-19/h2-11,13,15H,12,14H2,1H3,(H,24,25,27). The molecule has 0 aliphatic carbocycles. The minimum absolute atomic E-state index is 0.0956. The Morgan fingerprint density at radius 1 is 1.18 bits per heavy atom. The first kappa shape index (κ1) is 18.3. The van der Waals surface area contributed by atoms with E-state index in [2.05, 4.69) is 40.3 Å². The van der Waals surface area contributed by atoms with Gasteiger partial charge in [0.25, 0.3) is 5.91 Å². The molecule has 1 N–H and O–H groups in total. The molecule has 2 heterocycles. The van der Waals surface area contributed by atoms with Gasteiger partial charge in [-0.15, -0.1) is 0 Å². The molecule has 0 bridgehead atoms. The van der Waals surface area contributed by atoms with Gasteiger partial charge in [0.2, 0.25) is 0 Å². The highest BCUT2D eigenvalue weighted by Crippen LogP contribution is 2.37. The summed E-state index contributed by atoms with van der Waals surface area (Å²) < 4.78 is 5.45. The summed E-state index contributed by atoms with van der Waals surface area (Å²) in [5.41, 5.74) is 3.56. The molecule has 0 radical (unpaired) electrons. The minimum atomic E-state index is -0.268. The highest BCUT2D eigenvalue weighted by atomic mass is 35.5. The van der Waals surface area contributed by atoms with Gasteiger partial charge >= 0.3 is 0 Å². The molecule has 0 fully saturated rings. The largest absolute Gasteiger partial charge is 0.484 e. The first-order chi connectivity index (χ1) is 13.6. The topological polar surface area (TPSA) is 54.5 Å². The molecule has 4 rings (SSSR count). The van der Waals surface area contributed by atoms with Crippen molar-refractivity contribution in [3.63, 3.8) is 0 Å². The highest BCUT2D eigenvalue weighted by Gasteiger charge is 2.26. The lowest BCUT2D eigenvalue weighted by molar-refractivity contribution is -0.118. The third-order valence-corrected chi connectivity index (χ3v) is 4.94. The lowest BCUT2D eigenvalue weighted by Crippen LogP contribution is -2.24. The number of amides is 1. The van der Waals surface area contributed by atoms with Gasteiger partial charge in [0.1, 0.15) is 11.6 Å². The second kappa shape index (κ2) is 7.90. The Morgan fingerprint density at radius 3 is 2.71 bits per heavy atom. The van der Waals surface area contributed by atoms with Crippen LogP contribution in [0.5, 0.6) is 5.75 Å². The van der Waals surface area contributed by atoms with Crippen LogP contribution in [-0.2, 0) is 11.2 Å². The summed E-state index contributed by atoms with van der Waals surface area (Å²) >= 11 is 5.83. The van der Waals surface area contributed by atoms with Crippen molar-refractivity contribution < 1.29 is 9.53 Å². The first-order valence-corrected chi connectivity index (χ1v) is 9.49. The molecule has 1 aromatic heterocycles. The van der Waals surface area contributed by atoms with Crippen molar-refractivity contribution in [1.82, 2.24) is 4.98 Å². The third-order valence-electron chi connectivity index (χ3n) is 4.68. The van der Waals surface area contributed by atoms with E-state index in [0.717, 1.165) is 12.1 Å². The molecule has 1 unspecified atom stereocenters. The monoisotopic (exact) mass is 393 g/mol. The number of benzene rings is 2. The zero-order valence-electron chi connectivity index (χ0n) is 15.4. The van der Waals surface area contributed by atoms with Gasteiger partial charge in [-0.3, -0.25) is 4.79 Å². The number of hydrogen-bond donors (Lipinski definition) is 1. The normalized spacial score (nSPS) is 15.2. The van der Waals surface area contributed by atoms with Crippen molar-refractivity contribution in [2.45, 2.75) is 19.4 Å². The number of hydrogen-bond acceptors (Lipinski definition) is 4. The Bertz CT molecular complexity index is 974. The molecule has 6 heteroatoms. The second-order valence-corrected chi connectivity index (χ2v) is 7.18. The van der Waals surface area contributed by atoms with Gasteiger partial charge in [-0.2, -0.15) is 0 Å². The molecule has 2 aromatic carbocycles. The fraction of sp³-hybridized carbons (Fsp3) is 0.182. The molecule has 5 nitrogen and oxygen atoms in total. The molecule has 1 amide bonds. The van der Waals surface area contributed by atoms with Gasteiger partial charge in [0, 0.05) is 16.8 Å². The Labute approximate surface area is 168 Å². The predicted molar refractivity (Wildman–Crippen MR) is 112 cm³/mol. The van der Waals surface area contributed by atoms with E-state index in [9.17, 15) is 4.79 Å². The summed E-state index contributed by atoms with van der Waals surface area (Å²) in [7, 11) is 0. The molecular formula is C22H20ClN3O2. The van der Waals surface area contributed by atoms with Gasteiger partial charge in [-0.05, 0) is 61.4 Å². The van der Waals surface area contributed by atoms with Crippen molar-refractivity contribution in [2.24, 2.45) is 0 Å². The predicted octanol–water partition coefficient (Wildman–Crippen LogP) is 4.84. The second-order valence-electron chi connectivity index (χ2n) is 6.74. The lowest BCUT2D eigenvalue weighted by Gasteiger charge is -2.24. The Kier molecular flexibility index (Phi) is 5.17. The van der Waals surface area contributed by atoms with E-state index < -0.39 is 0 Å². The zero-order valence-corrected chi connectivity index (χ0v) is 16.2. The molecule has 1 aliphatic rings. The maximum atomic E-state index is 12.1. The molecule has 3 aromatic rings. The van der Waals surface area contributed by atoms with Crippen LogP contribution in [0.1, 0.15) is 12.5 Å². The van der Waals surface area contributed by atoms with Gasteiger partial charge in [-0.25, -0.2) is 4.98 Å². The van der Waals surface area contributed by atoms with E-state index in [4.69, 9.17) is 16.3 Å². The molecule has 1 aliphatic heterocycles. The number of rotatable bonds is 5. The molecule has 28 heavy (non-hydrogen) atoms. The Hall–Kier alpha value is -3.05. The summed E-state index contributed by atoms with van der Waals surface area (Å²) in [6.07, 6.45) is 2.80. The number of carbonyl (C=O) groups excluding carboxylic acids is 1. The summed E-state index contributed by atoms with van der Waals surface area (Å²) in [4.78, 5) is 18.8. The summed E-state index contributed by atoms with van der Waals surface area (Å²) in [6.45, 7) is 2.10. The van der Waals surface area contributed by atoms with E-state index in [-0.39, 0.29) is 12.5 Å². The maximum Gasteiger partial charge on any atom is 0.263 e. The molecular weight excluding hydrogens is 374 g/mol. The summed E-state index contributed by atoms with van der Waals surface area (Å²) in [5, 5.41) is 3.37. The van der Waals surface area contributed by atoms with E-state index in [1.807, 2.05) is 18.2 Å². The van der Waals surface area contributed by atoms with Crippen molar-refractivity contribution in [3.05, 3.63) is 77.4 Å². The molecule has 0 saturated heterocycles. The molecule has 0 spiro atoms. The van der Waals surface area contributed by atoms with Crippen molar-refractivity contribution in [1.29, 1.82) is 0 Å². The average Bonchev–Trinajstić information content (AvgIpc) is 3.04. The van der Waals surface area contributed by atoms with Crippen LogP contribution in [0, 0.1) is 0 Å². The molecule has 1 atom stereocenters. The molecule has 142 valence electrons. The quantitative estimate of drug-likeness (QED) is 0.674. The number of ether oxygens (including phenoxy) is 1. The fourth-order valence-electron chi connectivity index (χ4n) is 3.42. The maximum absolute atomic E-state index is 12.1. The summed E-state index contributed by atoms with van der Waals surface area (Å²) in [5.74, 6) is 0.813. The smallest absolute Gasteiger partial charge is 0.263 e. The van der Waals surface area contributed by atoms with E-state index in [0.29, 0.717) is 22.6 Å². The van der Waals surface area contributed by atoms with Crippen LogP contribution < -0.4 is 15.0 Å². The van der Waals surface area contributed by atoms with Crippen LogP contribution in [-0.4, -0.2) is 23.5 Å². The third kappa shape index (κ3) is 3.94. The van der Waals surface area contributed by atoms with Gasteiger partial charge < -0.3 is 15.0 Å². The average molecular weight is 394 g/mol. The Balaban J connectivity index is 1.38. The van der Waals surface area contributed by atoms with Crippen LogP contribution in [0.4, 0.5) is 17.2 Å². The Morgan fingerprint density at radius 2 is 1.96 bits per heavy atom. The lowest BCUT2D eigenvalue weighted by atomic mass is 10.1. The van der Waals surface area contributed by atoms with E-state index >= 15 is 0 Å². The minimum Gasteiger partial charge on any atom is -0.484 e. The number of anilines is 3.